The molecule has 0 heterocycles. The van der Waals surface area contributed by atoms with Gasteiger partial charge in [0.15, 0.2) is 6.61 Å². The Bertz CT molecular complexity index is 1120. The molecule has 0 spiro atoms. The van der Waals surface area contributed by atoms with E-state index in [0.717, 1.165) is 33.1 Å². The molecule has 35 heavy (non-hydrogen) atoms. The zero-order chi connectivity index (χ0) is 25.2. The van der Waals surface area contributed by atoms with E-state index in [9.17, 15) is 9.59 Å². The summed E-state index contributed by atoms with van der Waals surface area (Å²) >= 11 is 3.46. The first-order chi connectivity index (χ1) is 16.9. The second kappa shape index (κ2) is 13.1. The highest BCUT2D eigenvalue weighted by atomic mass is 79.9. The predicted octanol–water partition coefficient (Wildman–Crippen LogP) is 5.61. The van der Waals surface area contributed by atoms with Crippen molar-refractivity contribution >= 4 is 27.7 Å². The standard InChI is InChI=1S/C29H33BrN2O3/c1-4-16-31-29(34)27(18-23-8-6-5-7-9-23)32(19-24-11-13-25(30)14-12-24)28(33)20-35-26-15-10-21(2)22(3)17-26/h5-15,17,27H,4,16,18-20H2,1-3H3,(H,31,34)/t27-/m0/s1. The predicted molar refractivity (Wildman–Crippen MR) is 143 cm³/mol. The van der Waals surface area contributed by atoms with Crippen LogP contribution in [0.15, 0.2) is 77.3 Å². The number of hydrogen-bond acceptors (Lipinski definition) is 3. The van der Waals surface area contributed by atoms with Crippen LogP contribution in [0.5, 0.6) is 5.75 Å². The van der Waals surface area contributed by atoms with Crippen LogP contribution in [0.4, 0.5) is 0 Å². The molecule has 3 aromatic carbocycles. The topological polar surface area (TPSA) is 58.6 Å². The SMILES string of the molecule is CCCNC(=O)[C@H](Cc1ccccc1)N(Cc1ccc(Br)cc1)C(=O)COc1ccc(C)c(C)c1. The number of amides is 2. The first-order valence-corrected chi connectivity index (χ1v) is 12.7. The smallest absolute Gasteiger partial charge is 0.261 e. The molecule has 0 saturated heterocycles. The Hall–Kier alpha value is -3.12. The fraction of sp³-hybridized carbons (Fsp3) is 0.310. The van der Waals surface area contributed by atoms with Gasteiger partial charge in [0.05, 0.1) is 0 Å². The summed E-state index contributed by atoms with van der Waals surface area (Å²) in [4.78, 5) is 28.5. The summed E-state index contributed by atoms with van der Waals surface area (Å²) in [7, 11) is 0. The number of halogens is 1. The van der Waals surface area contributed by atoms with E-state index >= 15 is 0 Å². The molecule has 0 aliphatic rings. The molecule has 3 aromatic rings. The second-order valence-corrected chi connectivity index (χ2v) is 9.60. The van der Waals surface area contributed by atoms with E-state index in [1.54, 1.807) is 4.90 Å². The molecule has 184 valence electrons. The average Bonchev–Trinajstić information content (AvgIpc) is 2.87. The molecular formula is C29H33BrN2O3. The van der Waals surface area contributed by atoms with Gasteiger partial charge in [0.2, 0.25) is 5.91 Å². The molecule has 0 fully saturated rings. The first-order valence-electron chi connectivity index (χ1n) is 11.9. The monoisotopic (exact) mass is 536 g/mol. The third-order valence-corrected chi connectivity index (χ3v) is 6.46. The number of aryl methyl sites for hydroxylation is 2. The number of rotatable bonds is 11. The van der Waals surface area contributed by atoms with Crippen LogP contribution in [0.3, 0.4) is 0 Å². The van der Waals surface area contributed by atoms with Crippen molar-refractivity contribution in [3.63, 3.8) is 0 Å². The molecule has 0 aliphatic carbocycles. The van der Waals surface area contributed by atoms with Crippen LogP contribution in [0.2, 0.25) is 0 Å². The largest absolute Gasteiger partial charge is 0.484 e. The molecule has 0 aromatic heterocycles. The molecule has 6 heteroatoms. The van der Waals surface area contributed by atoms with Crippen molar-refractivity contribution in [3.8, 4) is 5.75 Å². The van der Waals surface area contributed by atoms with Gasteiger partial charge in [-0.25, -0.2) is 0 Å². The van der Waals surface area contributed by atoms with E-state index in [-0.39, 0.29) is 18.4 Å². The van der Waals surface area contributed by atoms with E-state index in [4.69, 9.17) is 4.74 Å². The van der Waals surface area contributed by atoms with Crippen molar-refractivity contribution in [1.29, 1.82) is 0 Å². The Kier molecular flexibility index (Phi) is 9.91. The summed E-state index contributed by atoms with van der Waals surface area (Å²) in [6.45, 7) is 6.77. The lowest BCUT2D eigenvalue weighted by Crippen LogP contribution is -2.51. The van der Waals surface area contributed by atoms with Crippen molar-refractivity contribution in [2.24, 2.45) is 0 Å². The van der Waals surface area contributed by atoms with Gasteiger partial charge < -0.3 is 15.0 Å². The van der Waals surface area contributed by atoms with Crippen LogP contribution in [-0.2, 0) is 22.6 Å². The van der Waals surface area contributed by atoms with E-state index in [0.29, 0.717) is 25.3 Å². The molecular weight excluding hydrogens is 504 g/mol. The first kappa shape index (κ1) is 26.5. The molecule has 2 amide bonds. The highest BCUT2D eigenvalue weighted by Crippen LogP contribution is 2.19. The van der Waals surface area contributed by atoms with Gasteiger partial charge in [-0.15, -0.1) is 0 Å². The van der Waals surface area contributed by atoms with E-state index in [1.165, 1.54) is 0 Å². The lowest BCUT2D eigenvalue weighted by Gasteiger charge is -2.31. The van der Waals surface area contributed by atoms with Gasteiger partial charge >= 0.3 is 0 Å². The van der Waals surface area contributed by atoms with Gasteiger partial charge in [0, 0.05) is 24.0 Å². The van der Waals surface area contributed by atoms with Gasteiger partial charge in [-0.1, -0.05) is 71.4 Å². The normalized spacial score (nSPS) is 11.5. The van der Waals surface area contributed by atoms with E-state index in [2.05, 4.69) is 21.2 Å². The minimum atomic E-state index is -0.663. The maximum absolute atomic E-state index is 13.6. The van der Waals surface area contributed by atoms with E-state index < -0.39 is 6.04 Å². The quantitative estimate of drug-likeness (QED) is 0.346. The average molecular weight is 537 g/mol. The van der Waals surface area contributed by atoms with Crippen LogP contribution in [0, 0.1) is 13.8 Å². The summed E-state index contributed by atoms with van der Waals surface area (Å²) in [5.74, 6) is 0.242. The molecule has 1 N–H and O–H groups in total. The van der Waals surface area contributed by atoms with Crippen molar-refractivity contribution in [3.05, 3.63) is 99.5 Å². The van der Waals surface area contributed by atoms with Crippen LogP contribution < -0.4 is 10.1 Å². The number of carbonyl (C=O) groups excluding carboxylic acids is 2. The minimum Gasteiger partial charge on any atom is -0.484 e. The van der Waals surface area contributed by atoms with Gasteiger partial charge in [-0.3, -0.25) is 9.59 Å². The molecule has 0 radical (unpaired) electrons. The molecule has 5 nitrogen and oxygen atoms in total. The lowest BCUT2D eigenvalue weighted by molar-refractivity contribution is -0.142. The Labute approximate surface area is 216 Å². The summed E-state index contributed by atoms with van der Waals surface area (Å²) in [6, 6.07) is 22.7. The van der Waals surface area contributed by atoms with Crippen molar-refractivity contribution in [2.75, 3.05) is 13.2 Å². The number of hydrogen-bond donors (Lipinski definition) is 1. The molecule has 0 aliphatic heterocycles. The third-order valence-electron chi connectivity index (χ3n) is 5.93. The maximum Gasteiger partial charge on any atom is 0.261 e. The van der Waals surface area contributed by atoms with Crippen molar-refractivity contribution < 1.29 is 14.3 Å². The third kappa shape index (κ3) is 7.96. The van der Waals surface area contributed by atoms with Crippen LogP contribution in [0.1, 0.15) is 35.6 Å². The summed E-state index contributed by atoms with van der Waals surface area (Å²) in [6.07, 6.45) is 1.24. The van der Waals surface area contributed by atoms with Gasteiger partial charge in [-0.05, 0) is 66.8 Å². The molecule has 0 saturated carbocycles. The Morgan fingerprint density at radius 3 is 2.31 bits per heavy atom. The fourth-order valence-electron chi connectivity index (χ4n) is 3.74. The number of nitrogens with zero attached hydrogens (tertiary/aromatic N) is 1. The Morgan fingerprint density at radius 2 is 1.66 bits per heavy atom. The summed E-state index contributed by atoms with van der Waals surface area (Å²) in [5.41, 5.74) is 4.19. The molecule has 1 atom stereocenters. The van der Waals surface area contributed by atoms with Crippen LogP contribution in [0.25, 0.3) is 0 Å². The van der Waals surface area contributed by atoms with Crippen molar-refractivity contribution in [2.45, 2.75) is 46.2 Å². The number of carbonyl (C=O) groups is 2. The van der Waals surface area contributed by atoms with Gasteiger partial charge in [-0.2, -0.15) is 0 Å². The fourth-order valence-corrected chi connectivity index (χ4v) is 4.00. The zero-order valence-corrected chi connectivity index (χ0v) is 22.2. The molecule has 3 rings (SSSR count). The van der Waals surface area contributed by atoms with Crippen LogP contribution in [-0.4, -0.2) is 35.9 Å². The second-order valence-electron chi connectivity index (χ2n) is 8.68. The van der Waals surface area contributed by atoms with Gasteiger partial charge in [0.25, 0.3) is 5.91 Å². The number of nitrogens with one attached hydrogen (secondary N) is 1. The van der Waals surface area contributed by atoms with Crippen molar-refractivity contribution in [1.82, 2.24) is 10.2 Å². The Morgan fingerprint density at radius 1 is 0.943 bits per heavy atom. The maximum atomic E-state index is 13.6. The highest BCUT2D eigenvalue weighted by Gasteiger charge is 2.30. The molecule has 0 unspecified atom stereocenters. The van der Waals surface area contributed by atoms with E-state index in [1.807, 2.05) is 93.6 Å². The zero-order valence-electron chi connectivity index (χ0n) is 20.6. The number of ether oxygens (including phenoxy) is 1. The number of benzene rings is 3. The summed E-state index contributed by atoms with van der Waals surface area (Å²) in [5, 5.41) is 2.99. The van der Waals surface area contributed by atoms with Crippen LogP contribution >= 0.6 is 15.9 Å². The minimum absolute atomic E-state index is 0.147. The highest BCUT2D eigenvalue weighted by molar-refractivity contribution is 9.10. The molecule has 0 bridgehead atoms. The van der Waals surface area contributed by atoms with Gasteiger partial charge in [0.1, 0.15) is 11.8 Å². The lowest BCUT2D eigenvalue weighted by atomic mass is 10.0. The summed E-state index contributed by atoms with van der Waals surface area (Å²) < 4.78 is 6.83. The Balaban J connectivity index is 1.88.